The van der Waals surface area contributed by atoms with Crippen LogP contribution in [0.1, 0.15) is 23.2 Å². The summed E-state index contributed by atoms with van der Waals surface area (Å²) >= 11 is 0. The topological polar surface area (TPSA) is 32.3 Å². The first-order valence-corrected chi connectivity index (χ1v) is 7.68. The Labute approximate surface area is 125 Å². The maximum Gasteiger partial charge on any atom is 0.251 e. The van der Waals surface area contributed by atoms with Gasteiger partial charge in [0.1, 0.15) is 0 Å². The van der Waals surface area contributed by atoms with E-state index >= 15 is 0 Å². The Morgan fingerprint density at radius 1 is 1.14 bits per heavy atom. The first kappa shape index (κ1) is 14.1. The summed E-state index contributed by atoms with van der Waals surface area (Å²) in [6, 6.07) is 14.0. The van der Waals surface area contributed by atoms with Gasteiger partial charge < -0.3 is 10.2 Å². The second kappa shape index (κ2) is 6.27. The number of rotatable bonds is 3. The largest absolute Gasteiger partial charge is 0.352 e. The Balaban J connectivity index is 1.61. The van der Waals surface area contributed by atoms with E-state index in [2.05, 4.69) is 23.3 Å². The predicted octanol–water partition coefficient (Wildman–Crippen LogP) is 2.91. The van der Waals surface area contributed by atoms with Gasteiger partial charge in [0.05, 0.1) is 0 Å². The summed E-state index contributed by atoms with van der Waals surface area (Å²) in [5, 5.41) is 5.38. The van der Waals surface area contributed by atoms with Gasteiger partial charge in [-0.2, -0.15) is 0 Å². The minimum Gasteiger partial charge on any atom is -0.352 e. The number of benzene rings is 2. The lowest BCUT2D eigenvalue weighted by Crippen LogP contribution is -2.36. The number of nitrogens with zero attached hydrogens (tertiary/aromatic N) is 1. The van der Waals surface area contributed by atoms with Crippen molar-refractivity contribution in [2.75, 3.05) is 26.7 Å². The molecule has 3 rings (SSSR count). The van der Waals surface area contributed by atoms with Crippen molar-refractivity contribution in [1.29, 1.82) is 0 Å². The fourth-order valence-electron chi connectivity index (χ4n) is 2.94. The SMILES string of the molecule is CN1CCC(CNC(=O)c2ccc3ccccc3c2)CC1. The Kier molecular flexibility index (Phi) is 4.20. The Hall–Kier alpha value is -1.87. The molecule has 1 aliphatic rings. The number of piperidine rings is 1. The van der Waals surface area contributed by atoms with Crippen molar-refractivity contribution in [3.8, 4) is 0 Å². The van der Waals surface area contributed by atoms with Crippen molar-refractivity contribution in [3.63, 3.8) is 0 Å². The molecule has 1 aliphatic heterocycles. The zero-order valence-electron chi connectivity index (χ0n) is 12.5. The van der Waals surface area contributed by atoms with Gasteiger partial charge in [-0.1, -0.05) is 30.3 Å². The van der Waals surface area contributed by atoms with Crippen LogP contribution in [0.2, 0.25) is 0 Å². The molecule has 1 fully saturated rings. The van der Waals surface area contributed by atoms with Crippen LogP contribution in [-0.2, 0) is 0 Å². The lowest BCUT2D eigenvalue weighted by Gasteiger charge is -2.28. The molecule has 21 heavy (non-hydrogen) atoms. The number of carbonyl (C=O) groups excluding carboxylic acids is 1. The van der Waals surface area contributed by atoms with Gasteiger partial charge in [0.15, 0.2) is 0 Å². The van der Waals surface area contributed by atoms with Gasteiger partial charge >= 0.3 is 0 Å². The molecule has 0 spiro atoms. The highest BCUT2D eigenvalue weighted by Gasteiger charge is 2.17. The number of nitrogens with one attached hydrogen (secondary N) is 1. The Morgan fingerprint density at radius 3 is 2.62 bits per heavy atom. The highest BCUT2D eigenvalue weighted by molar-refractivity contribution is 5.98. The van der Waals surface area contributed by atoms with Crippen molar-refractivity contribution in [2.24, 2.45) is 5.92 Å². The molecule has 3 heteroatoms. The lowest BCUT2D eigenvalue weighted by molar-refractivity contribution is 0.0939. The average molecular weight is 282 g/mol. The van der Waals surface area contributed by atoms with Crippen LogP contribution in [-0.4, -0.2) is 37.5 Å². The second-order valence-corrected chi connectivity index (χ2v) is 6.02. The molecule has 0 radical (unpaired) electrons. The van der Waals surface area contributed by atoms with Crippen molar-refractivity contribution in [1.82, 2.24) is 10.2 Å². The maximum absolute atomic E-state index is 12.3. The van der Waals surface area contributed by atoms with Crippen LogP contribution in [0.15, 0.2) is 42.5 Å². The van der Waals surface area contributed by atoms with E-state index in [1.54, 1.807) is 0 Å². The van der Waals surface area contributed by atoms with Gasteiger partial charge in [0.25, 0.3) is 5.91 Å². The number of amides is 1. The fourth-order valence-corrected chi connectivity index (χ4v) is 2.94. The summed E-state index contributed by atoms with van der Waals surface area (Å²) < 4.78 is 0. The summed E-state index contributed by atoms with van der Waals surface area (Å²) in [6.45, 7) is 3.06. The van der Waals surface area contributed by atoms with Gasteiger partial charge in [-0.25, -0.2) is 0 Å². The molecule has 0 saturated carbocycles. The van der Waals surface area contributed by atoms with Crippen LogP contribution in [0.4, 0.5) is 0 Å². The predicted molar refractivity (Wildman–Crippen MR) is 86.5 cm³/mol. The van der Waals surface area contributed by atoms with Crippen molar-refractivity contribution < 1.29 is 4.79 Å². The van der Waals surface area contributed by atoms with E-state index in [0.29, 0.717) is 5.92 Å². The molecular formula is C18H22N2O. The first-order chi connectivity index (χ1) is 10.2. The van der Waals surface area contributed by atoms with E-state index < -0.39 is 0 Å². The summed E-state index contributed by atoms with van der Waals surface area (Å²) in [5.74, 6) is 0.658. The number of hydrogen-bond acceptors (Lipinski definition) is 2. The van der Waals surface area contributed by atoms with Crippen molar-refractivity contribution >= 4 is 16.7 Å². The van der Waals surface area contributed by atoms with Gasteiger partial charge in [0.2, 0.25) is 0 Å². The highest BCUT2D eigenvalue weighted by Crippen LogP contribution is 2.17. The summed E-state index contributed by atoms with van der Waals surface area (Å²) in [4.78, 5) is 14.6. The van der Waals surface area contributed by atoms with E-state index in [9.17, 15) is 4.79 Å². The second-order valence-electron chi connectivity index (χ2n) is 6.02. The van der Waals surface area contributed by atoms with Gasteiger partial charge in [-0.05, 0) is 61.8 Å². The summed E-state index contributed by atoms with van der Waals surface area (Å²) in [5.41, 5.74) is 0.752. The number of hydrogen-bond donors (Lipinski definition) is 1. The molecule has 0 aliphatic carbocycles. The van der Waals surface area contributed by atoms with E-state index in [4.69, 9.17) is 0 Å². The Morgan fingerprint density at radius 2 is 1.86 bits per heavy atom. The smallest absolute Gasteiger partial charge is 0.251 e. The molecule has 1 saturated heterocycles. The fraction of sp³-hybridized carbons (Fsp3) is 0.389. The van der Waals surface area contributed by atoms with Crippen LogP contribution in [0.3, 0.4) is 0 Å². The number of fused-ring (bicyclic) bond motifs is 1. The van der Waals surface area contributed by atoms with Crippen LogP contribution in [0.25, 0.3) is 10.8 Å². The molecule has 1 amide bonds. The maximum atomic E-state index is 12.3. The van der Waals surface area contributed by atoms with Crippen molar-refractivity contribution in [3.05, 3.63) is 48.0 Å². The van der Waals surface area contributed by atoms with Gasteiger partial charge in [-0.3, -0.25) is 4.79 Å². The molecule has 0 bridgehead atoms. The van der Waals surface area contributed by atoms with Crippen LogP contribution < -0.4 is 5.32 Å². The average Bonchev–Trinajstić information content (AvgIpc) is 2.53. The van der Waals surface area contributed by atoms with E-state index in [1.165, 1.54) is 18.2 Å². The van der Waals surface area contributed by atoms with E-state index in [0.717, 1.165) is 30.6 Å². The standard InChI is InChI=1S/C18H22N2O/c1-20-10-8-14(9-11-20)13-19-18(21)17-7-6-15-4-2-3-5-16(15)12-17/h2-7,12,14H,8-11,13H2,1H3,(H,19,21). The normalized spacial score (nSPS) is 17.0. The molecule has 3 nitrogen and oxygen atoms in total. The van der Waals surface area contributed by atoms with Crippen molar-refractivity contribution in [2.45, 2.75) is 12.8 Å². The minimum absolute atomic E-state index is 0.0414. The first-order valence-electron chi connectivity index (χ1n) is 7.68. The summed E-state index contributed by atoms with van der Waals surface area (Å²) in [6.07, 6.45) is 2.35. The third-order valence-electron chi connectivity index (χ3n) is 4.40. The molecule has 0 atom stereocenters. The summed E-state index contributed by atoms with van der Waals surface area (Å²) in [7, 11) is 2.16. The molecule has 1 heterocycles. The quantitative estimate of drug-likeness (QED) is 0.939. The van der Waals surface area contributed by atoms with Gasteiger partial charge in [0, 0.05) is 12.1 Å². The molecule has 0 aromatic heterocycles. The molecule has 0 unspecified atom stereocenters. The molecule has 2 aromatic carbocycles. The Bertz CT molecular complexity index is 630. The van der Waals surface area contributed by atoms with E-state index in [-0.39, 0.29) is 5.91 Å². The third kappa shape index (κ3) is 3.42. The van der Waals surface area contributed by atoms with Crippen LogP contribution in [0, 0.1) is 5.92 Å². The lowest BCUT2D eigenvalue weighted by atomic mass is 9.97. The van der Waals surface area contributed by atoms with Gasteiger partial charge in [-0.15, -0.1) is 0 Å². The van der Waals surface area contributed by atoms with Crippen LogP contribution in [0.5, 0.6) is 0 Å². The zero-order chi connectivity index (χ0) is 14.7. The highest BCUT2D eigenvalue weighted by atomic mass is 16.1. The number of likely N-dealkylation sites (tertiary alicyclic amines) is 1. The van der Waals surface area contributed by atoms with Crippen LogP contribution >= 0.6 is 0 Å². The monoisotopic (exact) mass is 282 g/mol. The number of carbonyl (C=O) groups is 1. The molecule has 1 N–H and O–H groups in total. The minimum atomic E-state index is 0.0414. The van der Waals surface area contributed by atoms with E-state index in [1.807, 2.05) is 36.4 Å². The third-order valence-corrected chi connectivity index (χ3v) is 4.40. The zero-order valence-corrected chi connectivity index (χ0v) is 12.5. The molecule has 110 valence electrons. The molecular weight excluding hydrogens is 260 g/mol. The molecule has 2 aromatic rings.